The first kappa shape index (κ1) is 12.2. The zero-order valence-corrected chi connectivity index (χ0v) is 12.1. The first-order valence-electron chi connectivity index (χ1n) is 6.55. The molecule has 0 aliphatic rings. The Labute approximate surface area is 125 Å². The van der Waals surface area contributed by atoms with Crippen molar-refractivity contribution in [3.8, 4) is 22.2 Å². The Morgan fingerprint density at radius 2 is 1.86 bits per heavy atom. The SMILES string of the molecule is Cc1nc2ccccc2cc1-c1nnc(-c2cccs2)o1. The second-order valence-corrected chi connectivity index (χ2v) is 5.65. The van der Waals surface area contributed by atoms with Crippen LogP contribution < -0.4 is 0 Å². The molecular weight excluding hydrogens is 282 g/mol. The van der Waals surface area contributed by atoms with E-state index in [0.717, 1.165) is 27.0 Å². The van der Waals surface area contributed by atoms with E-state index in [1.165, 1.54) is 0 Å². The van der Waals surface area contributed by atoms with Gasteiger partial charge in [0.05, 0.1) is 21.7 Å². The Morgan fingerprint density at radius 3 is 2.71 bits per heavy atom. The van der Waals surface area contributed by atoms with Crippen LogP contribution in [0.25, 0.3) is 33.1 Å². The Balaban J connectivity index is 1.85. The monoisotopic (exact) mass is 293 g/mol. The fourth-order valence-corrected chi connectivity index (χ4v) is 2.90. The van der Waals surface area contributed by atoms with Gasteiger partial charge in [0.2, 0.25) is 5.89 Å². The van der Waals surface area contributed by atoms with E-state index in [-0.39, 0.29) is 0 Å². The number of thiophene rings is 1. The van der Waals surface area contributed by atoms with Gasteiger partial charge in [0.25, 0.3) is 5.89 Å². The molecule has 5 heteroatoms. The first-order chi connectivity index (χ1) is 10.3. The molecule has 0 saturated heterocycles. The average molecular weight is 293 g/mol. The zero-order valence-electron chi connectivity index (χ0n) is 11.3. The van der Waals surface area contributed by atoms with Crippen molar-refractivity contribution in [3.05, 3.63) is 53.5 Å². The van der Waals surface area contributed by atoms with Crippen LogP contribution in [-0.4, -0.2) is 15.2 Å². The molecule has 0 aliphatic heterocycles. The molecule has 0 fully saturated rings. The van der Waals surface area contributed by atoms with Crippen molar-refractivity contribution < 1.29 is 4.42 Å². The van der Waals surface area contributed by atoms with Crippen LogP contribution in [0.2, 0.25) is 0 Å². The first-order valence-corrected chi connectivity index (χ1v) is 7.43. The van der Waals surface area contributed by atoms with Crippen LogP contribution >= 0.6 is 11.3 Å². The van der Waals surface area contributed by atoms with E-state index in [1.807, 2.05) is 54.8 Å². The molecule has 0 atom stereocenters. The predicted molar refractivity (Wildman–Crippen MR) is 83.1 cm³/mol. The lowest BCUT2D eigenvalue weighted by Gasteiger charge is -2.03. The third-order valence-electron chi connectivity index (χ3n) is 3.30. The van der Waals surface area contributed by atoms with Gasteiger partial charge in [0, 0.05) is 5.39 Å². The summed E-state index contributed by atoms with van der Waals surface area (Å²) >= 11 is 1.58. The van der Waals surface area contributed by atoms with E-state index >= 15 is 0 Å². The average Bonchev–Trinajstić information content (AvgIpc) is 3.17. The number of para-hydroxylation sites is 1. The molecule has 0 amide bonds. The van der Waals surface area contributed by atoms with Crippen LogP contribution in [0, 0.1) is 6.92 Å². The number of fused-ring (bicyclic) bond motifs is 1. The van der Waals surface area contributed by atoms with Gasteiger partial charge in [-0.2, -0.15) is 0 Å². The molecule has 0 aliphatic carbocycles. The van der Waals surface area contributed by atoms with Crippen molar-refractivity contribution in [1.29, 1.82) is 0 Å². The van der Waals surface area contributed by atoms with E-state index < -0.39 is 0 Å². The number of hydrogen-bond acceptors (Lipinski definition) is 5. The van der Waals surface area contributed by atoms with Crippen LogP contribution in [0.3, 0.4) is 0 Å². The Morgan fingerprint density at radius 1 is 1.00 bits per heavy atom. The third-order valence-corrected chi connectivity index (χ3v) is 4.16. The van der Waals surface area contributed by atoms with Crippen LogP contribution in [0.1, 0.15) is 5.69 Å². The molecule has 21 heavy (non-hydrogen) atoms. The van der Waals surface area contributed by atoms with Gasteiger partial charge in [-0.25, -0.2) is 0 Å². The van der Waals surface area contributed by atoms with Gasteiger partial charge in [-0.1, -0.05) is 24.3 Å². The molecule has 1 aromatic carbocycles. The van der Waals surface area contributed by atoms with Crippen LogP contribution in [-0.2, 0) is 0 Å². The molecule has 0 bridgehead atoms. The van der Waals surface area contributed by atoms with E-state index in [2.05, 4.69) is 15.2 Å². The molecular formula is C16H11N3OS. The summed E-state index contributed by atoms with van der Waals surface area (Å²) in [5.74, 6) is 1.06. The highest BCUT2D eigenvalue weighted by atomic mass is 32.1. The molecule has 0 saturated carbocycles. The van der Waals surface area contributed by atoms with Gasteiger partial charge in [-0.3, -0.25) is 4.98 Å². The summed E-state index contributed by atoms with van der Waals surface area (Å²) in [5, 5.41) is 11.3. The molecule has 4 nitrogen and oxygen atoms in total. The molecule has 4 aromatic rings. The molecule has 0 unspecified atom stereocenters. The molecule has 0 spiro atoms. The Hall–Kier alpha value is -2.53. The van der Waals surface area contributed by atoms with Crippen LogP contribution in [0.5, 0.6) is 0 Å². The van der Waals surface area contributed by atoms with Crippen molar-refractivity contribution in [2.75, 3.05) is 0 Å². The number of rotatable bonds is 2. The van der Waals surface area contributed by atoms with Crippen molar-refractivity contribution >= 4 is 22.2 Å². The van der Waals surface area contributed by atoms with E-state index in [9.17, 15) is 0 Å². The van der Waals surface area contributed by atoms with Gasteiger partial charge >= 0.3 is 0 Å². The van der Waals surface area contributed by atoms with Gasteiger partial charge in [-0.05, 0) is 30.5 Å². The minimum absolute atomic E-state index is 0.508. The molecule has 0 radical (unpaired) electrons. The number of aryl methyl sites for hydroxylation is 1. The van der Waals surface area contributed by atoms with Gasteiger partial charge in [-0.15, -0.1) is 21.5 Å². The summed E-state index contributed by atoms with van der Waals surface area (Å²) in [6.07, 6.45) is 0. The predicted octanol–water partition coefficient (Wildman–Crippen LogP) is 4.32. The smallest absolute Gasteiger partial charge is 0.258 e. The quantitative estimate of drug-likeness (QED) is 0.552. The topological polar surface area (TPSA) is 51.8 Å². The maximum absolute atomic E-state index is 5.79. The lowest BCUT2D eigenvalue weighted by Crippen LogP contribution is -1.89. The summed E-state index contributed by atoms with van der Waals surface area (Å²) < 4.78 is 5.79. The molecule has 4 rings (SSSR count). The maximum Gasteiger partial charge on any atom is 0.258 e. The number of pyridine rings is 1. The number of aromatic nitrogens is 3. The van der Waals surface area contributed by atoms with Crippen LogP contribution in [0.15, 0.2) is 52.3 Å². The van der Waals surface area contributed by atoms with Crippen molar-refractivity contribution in [1.82, 2.24) is 15.2 Å². The zero-order chi connectivity index (χ0) is 14.2. The standard InChI is InChI=1S/C16H11N3OS/c1-10-12(9-11-5-2-3-6-13(11)17-10)15-18-19-16(20-15)14-7-4-8-21-14/h2-9H,1H3. The normalized spacial score (nSPS) is 11.1. The summed E-state index contributed by atoms with van der Waals surface area (Å²) in [6, 6.07) is 14.0. The van der Waals surface area contributed by atoms with E-state index in [4.69, 9.17) is 4.42 Å². The highest BCUT2D eigenvalue weighted by molar-refractivity contribution is 7.13. The van der Waals surface area contributed by atoms with Gasteiger partial charge in [0.1, 0.15) is 0 Å². The second kappa shape index (κ2) is 4.79. The van der Waals surface area contributed by atoms with Crippen molar-refractivity contribution in [3.63, 3.8) is 0 Å². The maximum atomic E-state index is 5.79. The highest BCUT2D eigenvalue weighted by Crippen LogP contribution is 2.29. The minimum atomic E-state index is 0.508. The van der Waals surface area contributed by atoms with E-state index in [0.29, 0.717) is 11.8 Å². The Kier molecular flexibility index (Phi) is 2.79. The molecule has 3 aromatic heterocycles. The lowest BCUT2D eigenvalue weighted by atomic mass is 10.1. The lowest BCUT2D eigenvalue weighted by molar-refractivity contribution is 0.585. The fourth-order valence-electron chi connectivity index (χ4n) is 2.26. The summed E-state index contributed by atoms with van der Waals surface area (Å²) in [6.45, 7) is 1.96. The molecule has 102 valence electrons. The number of hydrogen-bond donors (Lipinski definition) is 0. The molecule has 0 N–H and O–H groups in total. The third kappa shape index (κ3) is 2.11. The van der Waals surface area contributed by atoms with Crippen molar-refractivity contribution in [2.24, 2.45) is 0 Å². The van der Waals surface area contributed by atoms with Crippen LogP contribution in [0.4, 0.5) is 0 Å². The highest BCUT2D eigenvalue weighted by Gasteiger charge is 2.14. The summed E-state index contributed by atoms with van der Waals surface area (Å²) in [7, 11) is 0. The number of benzene rings is 1. The fraction of sp³-hybridized carbons (Fsp3) is 0.0625. The van der Waals surface area contributed by atoms with Gasteiger partial charge in [0.15, 0.2) is 0 Å². The second-order valence-electron chi connectivity index (χ2n) is 4.70. The molecule has 3 heterocycles. The Bertz CT molecular complexity index is 912. The number of nitrogens with zero attached hydrogens (tertiary/aromatic N) is 3. The largest absolute Gasteiger partial charge is 0.415 e. The summed E-state index contributed by atoms with van der Waals surface area (Å²) in [4.78, 5) is 5.57. The minimum Gasteiger partial charge on any atom is -0.415 e. The summed E-state index contributed by atoms with van der Waals surface area (Å²) in [5.41, 5.74) is 2.73. The van der Waals surface area contributed by atoms with Gasteiger partial charge < -0.3 is 4.42 Å². The van der Waals surface area contributed by atoms with Crippen molar-refractivity contribution in [2.45, 2.75) is 6.92 Å². The van der Waals surface area contributed by atoms with E-state index in [1.54, 1.807) is 11.3 Å².